The van der Waals surface area contributed by atoms with Crippen molar-refractivity contribution in [2.75, 3.05) is 19.8 Å². The van der Waals surface area contributed by atoms with E-state index in [0.717, 1.165) is 12.0 Å². The molecule has 0 saturated carbocycles. The number of fused-ring (bicyclic) bond motifs is 1. The molecule has 0 aliphatic carbocycles. The predicted octanol–water partition coefficient (Wildman–Crippen LogP) is 1.62. The van der Waals surface area contributed by atoms with Crippen LogP contribution in [0.15, 0.2) is 24.3 Å². The minimum absolute atomic E-state index is 0.0558. The van der Waals surface area contributed by atoms with Crippen molar-refractivity contribution in [1.29, 1.82) is 0 Å². The number of amides is 1. The third-order valence-corrected chi connectivity index (χ3v) is 3.41. The highest BCUT2D eigenvalue weighted by molar-refractivity contribution is 5.86. The average Bonchev–Trinajstić information content (AvgIpc) is 2.45. The second-order valence-corrected chi connectivity index (χ2v) is 4.83. The molecule has 0 radical (unpaired) electrons. The molecule has 1 atom stereocenters. The van der Waals surface area contributed by atoms with Gasteiger partial charge in [-0.2, -0.15) is 0 Å². The van der Waals surface area contributed by atoms with Gasteiger partial charge in [-0.05, 0) is 24.0 Å². The van der Waals surface area contributed by atoms with Gasteiger partial charge in [0.2, 0.25) is 5.91 Å². The third-order valence-electron chi connectivity index (χ3n) is 3.41. The number of carboxylic acids is 1. The van der Waals surface area contributed by atoms with Gasteiger partial charge in [0.1, 0.15) is 6.61 Å². The first-order chi connectivity index (χ1) is 9.65. The molecule has 2 rings (SSSR count). The smallest absolute Gasteiger partial charge is 0.331 e. The maximum atomic E-state index is 12.1. The lowest BCUT2D eigenvalue weighted by Crippen LogP contribution is -2.45. The van der Waals surface area contributed by atoms with E-state index >= 15 is 0 Å². The van der Waals surface area contributed by atoms with Crippen LogP contribution < -0.4 is 0 Å². The summed E-state index contributed by atoms with van der Waals surface area (Å²) in [5.74, 6) is -1.26. The number of carbonyl (C=O) groups excluding carboxylic acids is 1. The summed E-state index contributed by atoms with van der Waals surface area (Å²) < 4.78 is 5.23. The molecule has 1 unspecified atom stereocenters. The normalized spacial score (nSPS) is 17.6. The molecule has 20 heavy (non-hydrogen) atoms. The van der Waals surface area contributed by atoms with Gasteiger partial charge in [0.25, 0.3) is 0 Å². The van der Waals surface area contributed by atoms with Crippen LogP contribution in [0.25, 0.3) is 0 Å². The van der Waals surface area contributed by atoms with Gasteiger partial charge in [0.15, 0.2) is 6.04 Å². The molecule has 5 heteroatoms. The van der Waals surface area contributed by atoms with E-state index in [9.17, 15) is 14.7 Å². The summed E-state index contributed by atoms with van der Waals surface area (Å²) >= 11 is 0. The van der Waals surface area contributed by atoms with Gasteiger partial charge in [-0.25, -0.2) is 4.79 Å². The molecule has 1 heterocycles. The minimum Gasteiger partial charge on any atom is -0.479 e. The van der Waals surface area contributed by atoms with Crippen LogP contribution in [0.2, 0.25) is 0 Å². The summed E-state index contributed by atoms with van der Waals surface area (Å²) in [6, 6.07) is 6.48. The highest BCUT2D eigenvalue weighted by Crippen LogP contribution is 2.29. The van der Waals surface area contributed by atoms with Crippen molar-refractivity contribution < 1.29 is 19.4 Å². The molecule has 1 amide bonds. The Kier molecular flexibility index (Phi) is 4.74. The molecular weight excluding hydrogens is 258 g/mol. The largest absolute Gasteiger partial charge is 0.479 e. The monoisotopic (exact) mass is 277 g/mol. The van der Waals surface area contributed by atoms with Crippen LogP contribution in [0.5, 0.6) is 0 Å². The predicted molar refractivity (Wildman–Crippen MR) is 73.3 cm³/mol. The average molecular weight is 277 g/mol. The second-order valence-electron chi connectivity index (χ2n) is 4.83. The Morgan fingerprint density at radius 3 is 2.85 bits per heavy atom. The Balaban J connectivity index is 2.18. The lowest BCUT2D eigenvalue weighted by atomic mass is 9.92. The molecule has 1 N–H and O–H groups in total. The quantitative estimate of drug-likeness (QED) is 0.831. The number of hydrogen-bond donors (Lipinski definition) is 1. The SMILES string of the molecule is CCCOCC(=O)N1CCc2ccccc2C1C(=O)O. The van der Waals surface area contributed by atoms with Crippen molar-refractivity contribution in [2.24, 2.45) is 0 Å². The van der Waals surface area contributed by atoms with Crippen LogP contribution in [0, 0.1) is 0 Å². The van der Waals surface area contributed by atoms with Gasteiger partial charge in [0.05, 0.1) is 0 Å². The number of nitrogens with zero attached hydrogens (tertiary/aromatic N) is 1. The summed E-state index contributed by atoms with van der Waals surface area (Å²) in [7, 11) is 0. The molecular formula is C15H19NO4. The van der Waals surface area contributed by atoms with Crippen LogP contribution in [0.3, 0.4) is 0 Å². The highest BCUT2D eigenvalue weighted by Gasteiger charge is 2.35. The van der Waals surface area contributed by atoms with Gasteiger partial charge in [-0.3, -0.25) is 4.79 Å². The summed E-state index contributed by atoms with van der Waals surface area (Å²) in [5.41, 5.74) is 1.70. The fourth-order valence-electron chi connectivity index (χ4n) is 2.49. The molecule has 0 fully saturated rings. The molecule has 1 aromatic carbocycles. The highest BCUT2D eigenvalue weighted by atomic mass is 16.5. The van der Waals surface area contributed by atoms with Crippen molar-refractivity contribution in [1.82, 2.24) is 4.90 Å². The van der Waals surface area contributed by atoms with Crippen LogP contribution in [-0.4, -0.2) is 41.6 Å². The summed E-state index contributed by atoms with van der Waals surface area (Å²) in [6.45, 7) is 2.83. The zero-order valence-corrected chi connectivity index (χ0v) is 11.5. The van der Waals surface area contributed by atoms with Crippen molar-refractivity contribution >= 4 is 11.9 Å². The zero-order valence-electron chi connectivity index (χ0n) is 11.5. The van der Waals surface area contributed by atoms with Gasteiger partial charge in [0, 0.05) is 13.2 Å². The van der Waals surface area contributed by atoms with E-state index in [0.29, 0.717) is 25.1 Å². The van der Waals surface area contributed by atoms with Gasteiger partial charge in [-0.15, -0.1) is 0 Å². The minimum atomic E-state index is -0.999. The first kappa shape index (κ1) is 14.5. The van der Waals surface area contributed by atoms with Gasteiger partial charge in [-0.1, -0.05) is 31.2 Å². The summed E-state index contributed by atoms with van der Waals surface area (Å²) in [5, 5.41) is 9.44. The maximum absolute atomic E-state index is 12.1. The summed E-state index contributed by atoms with van der Waals surface area (Å²) in [6.07, 6.45) is 1.51. The molecule has 1 aliphatic heterocycles. The molecule has 0 bridgehead atoms. The van der Waals surface area contributed by atoms with E-state index in [1.54, 1.807) is 12.1 Å². The zero-order chi connectivity index (χ0) is 14.5. The number of benzene rings is 1. The molecule has 0 spiro atoms. The Bertz CT molecular complexity index is 500. The fraction of sp³-hybridized carbons (Fsp3) is 0.467. The first-order valence-corrected chi connectivity index (χ1v) is 6.83. The van der Waals surface area contributed by atoms with Gasteiger partial charge < -0.3 is 14.7 Å². The number of carbonyl (C=O) groups is 2. The lowest BCUT2D eigenvalue weighted by Gasteiger charge is -2.34. The Hall–Kier alpha value is -1.88. The number of rotatable bonds is 5. The standard InChI is InChI=1S/C15H19NO4/c1-2-9-20-10-13(17)16-8-7-11-5-3-4-6-12(11)14(16)15(18)19/h3-6,14H,2,7-10H2,1H3,(H,18,19). The maximum Gasteiger partial charge on any atom is 0.331 e. The number of ether oxygens (including phenoxy) is 1. The lowest BCUT2D eigenvalue weighted by molar-refractivity contribution is -0.153. The van der Waals surface area contributed by atoms with E-state index < -0.39 is 12.0 Å². The Morgan fingerprint density at radius 2 is 2.15 bits per heavy atom. The molecule has 5 nitrogen and oxygen atoms in total. The van der Waals surface area contributed by atoms with Crippen molar-refractivity contribution in [2.45, 2.75) is 25.8 Å². The molecule has 0 aromatic heterocycles. The van der Waals surface area contributed by atoms with Crippen molar-refractivity contribution in [3.63, 3.8) is 0 Å². The molecule has 1 aliphatic rings. The number of hydrogen-bond acceptors (Lipinski definition) is 3. The van der Waals surface area contributed by atoms with E-state index in [1.807, 2.05) is 19.1 Å². The van der Waals surface area contributed by atoms with E-state index in [-0.39, 0.29) is 12.5 Å². The fourth-order valence-corrected chi connectivity index (χ4v) is 2.49. The van der Waals surface area contributed by atoms with E-state index in [2.05, 4.69) is 0 Å². The van der Waals surface area contributed by atoms with Crippen molar-refractivity contribution in [3.8, 4) is 0 Å². The van der Waals surface area contributed by atoms with E-state index in [1.165, 1.54) is 4.90 Å². The van der Waals surface area contributed by atoms with Crippen LogP contribution in [0.4, 0.5) is 0 Å². The van der Waals surface area contributed by atoms with Gasteiger partial charge >= 0.3 is 5.97 Å². The molecule has 108 valence electrons. The molecule has 0 saturated heterocycles. The van der Waals surface area contributed by atoms with Crippen LogP contribution >= 0.6 is 0 Å². The second kappa shape index (κ2) is 6.52. The molecule has 1 aromatic rings. The third kappa shape index (κ3) is 2.99. The Morgan fingerprint density at radius 1 is 1.40 bits per heavy atom. The summed E-state index contributed by atoms with van der Waals surface area (Å²) in [4.78, 5) is 25.1. The van der Waals surface area contributed by atoms with E-state index in [4.69, 9.17) is 4.74 Å². The van der Waals surface area contributed by atoms with Crippen LogP contribution in [0.1, 0.15) is 30.5 Å². The number of carboxylic acid groups (broad SMARTS) is 1. The number of aliphatic carboxylic acids is 1. The topological polar surface area (TPSA) is 66.8 Å². The van der Waals surface area contributed by atoms with Crippen molar-refractivity contribution in [3.05, 3.63) is 35.4 Å². The van der Waals surface area contributed by atoms with Crippen LogP contribution in [-0.2, 0) is 20.7 Å². The first-order valence-electron chi connectivity index (χ1n) is 6.83. The Labute approximate surface area is 118 Å².